The van der Waals surface area contributed by atoms with Crippen LogP contribution in [0.25, 0.3) is 21.5 Å². The lowest BCUT2D eigenvalue weighted by atomic mass is 9.98. The summed E-state index contributed by atoms with van der Waals surface area (Å²) in [5, 5.41) is 23.5. The largest absolute Gasteiger partial charge is 0.398 e. The van der Waals surface area contributed by atoms with Crippen molar-refractivity contribution in [3.63, 3.8) is 0 Å². The summed E-state index contributed by atoms with van der Waals surface area (Å²) in [6, 6.07) is 3.30. The average molecular weight is 274 g/mol. The Morgan fingerprint density at radius 3 is 2.80 bits per heavy atom. The number of aliphatic hydroxyl groups is 2. The molecule has 2 rings (SSSR count). The van der Waals surface area contributed by atoms with Gasteiger partial charge in [0.1, 0.15) is 6.10 Å². The molecule has 0 amide bonds. The van der Waals surface area contributed by atoms with Gasteiger partial charge < -0.3 is 15.9 Å². The Labute approximate surface area is 114 Å². The van der Waals surface area contributed by atoms with Crippen LogP contribution in [-0.2, 0) is 0 Å². The van der Waals surface area contributed by atoms with Gasteiger partial charge in [0, 0.05) is 35.1 Å². The minimum absolute atomic E-state index is 0.0884. The highest BCUT2D eigenvalue weighted by Gasteiger charge is 2.23. The first-order valence-electron chi connectivity index (χ1n) is 6.01. The fourth-order valence-electron chi connectivity index (χ4n) is 1.97. The van der Waals surface area contributed by atoms with Crippen molar-refractivity contribution in [2.75, 3.05) is 12.3 Å². The van der Waals surface area contributed by atoms with E-state index in [4.69, 9.17) is 11.3 Å². The molecule has 8 heteroatoms. The molecule has 20 heavy (non-hydrogen) atoms. The Morgan fingerprint density at radius 1 is 1.30 bits per heavy atom. The van der Waals surface area contributed by atoms with Crippen LogP contribution in [0.2, 0.25) is 0 Å². The molecule has 4 N–H and O–H groups in total. The Kier molecular flexibility index (Phi) is 4.31. The van der Waals surface area contributed by atoms with Crippen molar-refractivity contribution in [3.8, 4) is 0 Å². The number of hydrogen-bond acceptors (Lipinski definition) is 6. The highest BCUT2D eigenvalue weighted by Crippen LogP contribution is 2.30. The number of nitrogens with two attached hydrogens (primary N) is 1. The summed E-state index contributed by atoms with van der Waals surface area (Å²) in [6.45, 7) is 0.0884. The van der Waals surface area contributed by atoms with Crippen molar-refractivity contribution in [2.45, 2.75) is 18.6 Å². The maximum atomic E-state index is 10.2. The Balaban J connectivity index is 2.35. The van der Waals surface area contributed by atoms with Gasteiger partial charge in [-0.25, -0.2) is 0 Å². The maximum Gasteiger partial charge on any atom is 0.109 e. The summed E-state index contributed by atoms with van der Waals surface area (Å²) >= 11 is 0. The molecule has 1 aromatic carbocycles. The van der Waals surface area contributed by atoms with Crippen LogP contribution in [0.15, 0.2) is 29.6 Å². The topological polar surface area (TPSA) is 141 Å². The SMILES string of the molecule is [N-]=[N+]=NCCC(O)C(O)c1c(N)ccc2nccnc12. The molecule has 0 saturated heterocycles. The number of aromatic nitrogens is 2. The summed E-state index contributed by atoms with van der Waals surface area (Å²) in [5.41, 5.74) is 15.7. The van der Waals surface area contributed by atoms with E-state index in [1.807, 2.05) is 0 Å². The Morgan fingerprint density at radius 2 is 2.05 bits per heavy atom. The fraction of sp³-hybridized carbons (Fsp3) is 0.333. The molecule has 0 fully saturated rings. The number of azide groups is 1. The third-order valence-corrected chi connectivity index (χ3v) is 2.96. The number of aliphatic hydroxyl groups excluding tert-OH is 2. The van der Waals surface area contributed by atoms with Crippen LogP contribution >= 0.6 is 0 Å². The zero-order valence-corrected chi connectivity index (χ0v) is 10.6. The summed E-state index contributed by atoms with van der Waals surface area (Å²) in [5.74, 6) is 0. The maximum absolute atomic E-state index is 10.2. The molecule has 1 heterocycles. The molecule has 0 radical (unpaired) electrons. The lowest BCUT2D eigenvalue weighted by molar-refractivity contribution is 0.0162. The number of benzene rings is 1. The van der Waals surface area contributed by atoms with E-state index < -0.39 is 12.2 Å². The van der Waals surface area contributed by atoms with Gasteiger partial charge >= 0.3 is 0 Å². The molecule has 2 aromatic rings. The zero-order chi connectivity index (χ0) is 14.5. The molecule has 2 atom stereocenters. The molecule has 0 aliphatic carbocycles. The number of hydrogen-bond donors (Lipinski definition) is 3. The molecule has 104 valence electrons. The predicted octanol–water partition coefficient (Wildman–Crippen LogP) is 1.31. The number of rotatable bonds is 5. The standard InChI is InChI=1S/C12H14N6O2/c13-7-1-2-8-11(16-6-5-15-8)10(7)12(20)9(19)3-4-17-18-14/h1-2,5-6,9,12,19-20H,3-4,13H2. The van der Waals surface area contributed by atoms with E-state index >= 15 is 0 Å². The second-order valence-electron chi connectivity index (χ2n) is 4.25. The van der Waals surface area contributed by atoms with Crippen molar-refractivity contribution in [3.05, 3.63) is 40.5 Å². The quantitative estimate of drug-likeness (QED) is 0.326. The van der Waals surface area contributed by atoms with Crippen molar-refractivity contribution < 1.29 is 10.2 Å². The van der Waals surface area contributed by atoms with E-state index in [1.165, 1.54) is 12.4 Å². The highest BCUT2D eigenvalue weighted by molar-refractivity contribution is 5.83. The van der Waals surface area contributed by atoms with Crippen molar-refractivity contribution in [1.82, 2.24) is 9.97 Å². The summed E-state index contributed by atoms with van der Waals surface area (Å²) in [6.07, 6.45) is 0.831. The lowest BCUT2D eigenvalue weighted by Crippen LogP contribution is -2.20. The van der Waals surface area contributed by atoms with Crippen LogP contribution in [0.1, 0.15) is 18.1 Å². The van der Waals surface area contributed by atoms with E-state index in [-0.39, 0.29) is 13.0 Å². The molecule has 0 bridgehead atoms. The van der Waals surface area contributed by atoms with Crippen LogP contribution in [0.4, 0.5) is 5.69 Å². The van der Waals surface area contributed by atoms with Gasteiger partial charge in [-0.3, -0.25) is 9.97 Å². The van der Waals surface area contributed by atoms with Gasteiger partial charge in [-0.2, -0.15) is 0 Å². The van der Waals surface area contributed by atoms with Gasteiger partial charge in [-0.05, 0) is 24.1 Å². The first kappa shape index (κ1) is 14.0. The zero-order valence-electron chi connectivity index (χ0n) is 10.6. The number of anilines is 1. The second kappa shape index (κ2) is 6.16. The van der Waals surface area contributed by atoms with Crippen molar-refractivity contribution in [1.29, 1.82) is 0 Å². The van der Waals surface area contributed by atoms with Crippen LogP contribution in [0, 0.1) is 0 Å². The molecule has 1 aromatic heterocycles. The molecule has 0 aliphatic rings. The summed E-state index contributed by atoms with van der Waals surface area (Å²) < 4.78 is 0. The highest BCUT2D eigenvalue weighted by atomic mass is 16.3. The van der Waals surface area contributed by atoms with Gasteiger partial charge in [0.05, 0.1) is 17.1 Å². The minimum Gasteiger partial charge on any atom is -0.398 e. The first-order chi connectivity index (χ1) is 9.65. The number of nitrogen functional groups attached to an aromatic ring is 1. The van der Waals surface area contributed by atoms with Crippen LogP contribution in [0.5, 0.6) is 0 Å². The number of nitrogens with zero attached hydrogens (tertiary/aromatic N) is 5. The van der Waals surface area contributed by atoms with Gasteiger partial charge in [0.2, 0.25) is 0 Å². The average Bonchev–Trinajstić information content (AvgIpc) is 2.46. The van der Waals surface area contributed by atoms with Crippen LogP contribution < -0.4 is 5.73 Å². The lowest BCUT2D eigenvalue weighted by Gasteiger charge is -2.20. The molecule has 0 spiro atoms. The van der Waals surface area contributed by atoms with Crippen molar-refractivity contribution >= 4 is 16.7 Å². The van der Waals surface area contributed by atoms with E-state index in [0.29, 0.717) is 22.3 Å². The van der Waals surface area contributed by atoms with E-state index in [1.54, 1.807) is 12.1 Å². The summed E-state index contributed by atoms with van der Waals surface area (Å²) in [4.78, 5) is 10.9. The molecular formula is C12H14N6O2. The number of fused-ring (bicyclic) bond motifs is 1. The van der Waals surface area contributed by atoms with Gasteiger partial charge in [-0.15, -0.1) is 0 Å². The molecule has 0 aliphatic heterocycles. The molecule has 2 unspecified atom stereocenters. The molecule has 0 saturated carbocycles. The van der Waals surface area contributed by atoms with Gasteiger partial charge in [-0.1, -0.05) is 5.11 Å². The molecular weight excluding hydrogens is 260 g/mol. The van der Waals surface area contributed by atoms with E-state index in [0.717, 1.165) is 0 Å². The Hall–Kier alpha value is -2.41. The summed E-state index contributed by atoms with van der Waals surface area (Å²) in [7, 11) is 0. The van der Waals surface area contributed by atoms with Gasteiger partial charge in [0.25, 0.3) is 0 Å². The molecule has 8 nitrogen and oxygen atoms in total. The van der Waals surface area contributed by atoms with E-state index in [2.05, 4.69) is 20.0 Å². The minimum atomic E-state index is -1.22. The third kappa shape index (κ3) is 2.77. The monoisotopic (exact) mass is 274 g/mol. The van der Waals surface area contributed by atoms with E-state index in [9.17, 15) is 10.2 Å². The third-order valence-electron chi connectivity index (χ3n) is 2.96. The first-order valence-corrected chi connectivity index (χ1v) is 6.01. The van der Waals surface area contributed by atoms with Crippen molar-refractivity contribution in [2.24, 2.45) is 5.11 Å². The van der Waals surface area contributed by atoms with Crippen LogP contribution in [0.3, 0.4) is 0 Å². The Bertz CT molecular complexity index is 655. The van der Waals surface area contributed by atoms with Crippen LogP contribution in [-0.4, -0.2) is 32.8 Å². The normalized spacial score (nSPS) is 13.7. The van der Waals surface area contributed by atoms with Gasteiger partial charge in [0.15, 0.2) is 0 Å². The fourth-order valence-corrected chi connectivity index (χ4v) is 1.97. The predicted molar refractivity (Wildman–Crippen MR) is 73.5 cm³/mol. The second-order valence-corrected chi connectivity index (χ2v) is 4.25. The smallest absolute Gasteiger partial charge is 0.109 e.